The van der Waals surface area contributed by atoms with Crippen LogP contribution in [-0.2, 0) is 14.3 Å². The molecule has 6 nitrogen and oxygen atoms in total. The number of thioether (sulfide) groups is 1. The van der Waals surface area contributed by atoms with Crippen LogP contribution in [0.1, 0.15) is 46.0 Å². The van der Waals surface area contributed by atoms with Gasteiger partial charge in [-0.25, -0.2) is 4.79 Å². The lowest BCUT2D eigenvalue weighted by Crippen LogP contribution is -2.21. The lowest BCUT2D eigenvalue weighted by Gasteiger charge is -2.10. The summed E-state index contributed by atoms with van der Waals surface area (Å²) in [5.74, 6) is -1.34. The van der Waals surface area contributed by atoms with E-state index in [2.05, 4.69) is 4.98 Å². The average Bonchev–Trinajstić information content (AvgIpc) is 2.94. The second kappa shape index (κ2) is 9.41. The maximum absolute atomic E-state index is 12.4. The van der Waals surface area contributed by atoms with Crippen LogP contribution in [0.25, 0.3) is 0 Å². The van der Waals surface area contributed by atoms with Gasteiger partial charge in [-0.15, -0.1) is 11.8 Å². The highest BCUT2D eigenvalue weighted by molar-refractivity contribution is 8.00. The summed E-state index contributed by atoms with van der Waals surface area (Å²) in [5.41, 5.74) is 1.65. The minimum Gasteiger partial charge on any atom is -0.462 e. The van der Waals surface area contributed by atoms with E-state index < -0.39 is 23.0 Å². The number of ketones is 1. The van der Waals surface area contributed by atoms with Gasteiger partial charge in [-0.2, -0.15) is 0 Å². The number of rotatable bonds is 8. The topological polar surface area (TPSA) is 85.5 Å². The molecule has 27 heavy (non-hydrogen) atoms. The summed E-state index contributed by atoms with van der Waals surface area (Å²) in [5, 5.41) is -0.443. The van der Waals surface area contributed by atoms with Gasteiger partial charge in [0.25, 0.3) is 0 Å². The molecule has 0 fully saturated rings. The van der Waals surface area contributed by atoms with Gasteiger partial charge in [0.05, 0.1) is 17.9 Å². The Balaban J connectivity index is 1.98. The second-order valence-electron chi connectivity index (χ2n) is 5.95. The lowest BCUT2D eigenvalue weighted by molar-refractivity contribution is -0.141. The highest BCUT2D eigenvalue weighted by atomic mass is 32.2. The Morgan fingerprint density at radius 1 is 1.11 bits per heavy atom. The third kappa shape index (κ3) is 5.23. The van der Waals surface area contributed by atoms with E-state index in [1.807, 2.05) is 30.3 Å². The maximum atomic E-state index is 12.4. The Labute approximate surface area is 162 Å². The number of hydrogen-bond acceptors (Lipinski definition) is 6. The van der Waals surface area contributed by atoms with Gasteiger partial charge in [-0.1, -0.05) is 18.2 Å². The third-order valence-electron chi connectivity index (χ3n) is 3.93. The van der Waals surface area contributed by atoms with Crippen molar-refractivity contribution in [3.63, 3.8) is 0 Å². The van der Waals surface area contributed by atoms with Gasteiger partial charge in [-0.3, -0.25) is 9.59 Å². The molecule has 0 bridgehead atoms. The summed E-state index contributed by atoms with van der Waals surface area (Å²) in [6.45, 7) is 6.67. The van der Waals surface area contributed by atoms with Gasteiger partial charge < -0.3 is 14.5 Å². The molecule has 2 aromatic rings. The van der Waals surface area contributed by atoms with E-state index in [0.29, 0.717) is 16.8 Å². The molecule has 1 aromatic heterocycles. The summed E-state index contributed by atoms with van der Waals surface area (Å²) in [6.07, 6.45) is 0. The number of aromatic amines is 1. The largest absolute Gasteiger partial charge is 0.462 e. The number of hydrogen-bond donors (Lipinski definition) is 1. The molecule has 1 atom stereocenters. The summed E-state index contributed by atoms with van der Waals surface area (Å²) in [7, 11) is 0. The van der Waals surface area contributed by atoms with E-state index in [0.717, 1.165) is 4.90 Å². The fraction of sp³-hybridized carbons (Fsp3) is 0.350. The van der Waals surface area contributed by atoms with E-state index in [9.17, 15) is 14.4 Å². The average molecular weight is 389 g/mol. The summed E-state index contributed by atoms with van der Waals surface area (Å²) >= 11 is 1.36. The van der Waals surface area contributed by atoms with Gasteiger partial charge in [0.2, 0.25) is 5.78 Å². The van der Waals surface area contributed by atoms with Crippen LogP contribution in [0.4, 0.5) is 0 Å². The van der Waals surface area contributed by atoms with Gasteiger partial charge >= 0.3 is 11.9 Å². The molecule has 1 N–H and O–H groups in total. The van der Waals surface area contributed by atoms with E-state index in [1.54, 1.807) is 27.7 Å². The van der Waals surface area contributed by atoms with Crippen LogP contribution in [0, 0.1) is 13.8 Å². The Kier molecular flexibility index (Phi) is 7.24. The molecule has 0 unspecified atom stereocenters. The number of nitrogens with one attached hydrogen (secondary N) is 1. The molecule has 1 heterocycles. The molecule has 2 rings (SSSR count). The van der Waals surface area contributed by atoms with Crippen molar-refractivity contribution >= 4 is 29.5 Å². The van der Waals surface area contributed by atoms with Gasteiger partial charge in [0.1, 0.15) is 5.25 Å². The molecule has 1 aromatic carbocycles. The first kappa shape index (κ1) is 20.8. The maximum Gasteiger partial charge on any atom is 0.340 e. The SMILES string of the molecule is CCOC(=O)c1c(C)[nH]c(C(=O)COC(=O)[C@@H](C)Sc2ccccc2)c1C. The minimum absolute atomic E-state index is 0.251. The number of ether oxygens (including phenoxy) is 2. The number of carbonyl (C=O) groups excluding carboxylic acids is 3. The smallest absolute Gasteiger partial charge is 0.340 e. The molecule has 0 aliphatic carbocycles. The summed E-state index contributed by atoms with van der Waals surface area (Å²) in [4.78, 5) is 40.4. The van der Waals surface area contributed by atoms with Crippen molar-refractivity contribution in [2.75, 3.05) is 13.2 Å². The third-order valence-corrected chi connectivity index (χ3v) is 5.02. The van der Waals surface area contributed by atoms with E-state index >= 15 is 0 Å². The van der Waals surface area contributed by atoms with Crippen LogP contribution in [0.15, 0.2) is 35.2 Å². The first-order valence-corrected chi connectivity index (χ1v) is 9.50. The predicted molar refractivity (Wildman–Crippen MR) is 103 cm³/mol. The second-order valence-corrected chi connectivity index (χ2v) is 7.36. The lowest BCUT2D eigenvalue weighted by atomic mass is 10.1. The molecule has 0 aliphatic rings. The van der Waals surface area contributed by atoms with Gasteiger partial charge in [-0.05, 0) is 45.4 Å². The molecular weight excluding hydrogens is 366 g/mol. The van der Waals surface area contributed by atoms with Gasteiger partial charge in [0, 0.05) is 10.6 Å². The Bertz CT molecular complexity index is 828. The highest BCUT2D eigenvalue weighted by Gasteiger charge is 2.24. The van der Waals surface area contributed by atoms with Crippen LogP contribution >= 0.6 is 11.8 Å². The van der Waals surface area contributed by atoms with Crippen molar-refractivity contribution in [1.82, 2.24) is 4.98 Å². The molecule has 144 valence electrons. The van der Waals surface area contributed by atoms with Crippen LogP contribution < -0.4 is 0 Å². The van der Waals surface area contributed by atoms with Gasteiger partial charge in [0.15, 0.2) is 6.61 Å². The van der Waals surface area contributed by atoms with Crippen LogP contribution in [-0.4, -0.2) is 41.2 Å². The van der Waals surface area contributed by atoms with Crippen LogP contribution in [0.5, 0.6) is 0 Å². The first-order valence-electron chi connectivity index (χ1n) is 8.63. The van der Waals surface area contributed by atoms with Crippen molar-refractivity contribution < 1.29 is 23.9 Å². The normalized spacial score (nSPS) is 11.7. The van der Waals surface area contributed by atoms with Crippen molar-refractivity contribution in [3.8, 4) is 0 Å². The highest BCUT2D eigenvalue weighted by Crippen LogP contribution is 2.24. The summed E-state index contributed by atoms with van der Waals surface area (Å²) < 4.78 is 10.2. The first-order chi connectivity index (χ1) is 12.8. The minimum atomic E-state index is -0.479. The molecule has 0 amide bonds. The number of carbonyl (C=O) groups is 3. The Morgan fingerprint density at radius 2 is 1.78 bits per heavy atom. The molecule has 0 saturated carbocycles. The van der Waals surface area contributed by atoms with Crippen LogP contribution in [0.3, 0.4) is 0 Å². The molecule has 7 heteroatoms. The Hall–Kier alpha value is -2.54. The molecule has 0 radical (unpaired) electrons. The summed E-state index contributed by atoms with van der Waals surface area (Å²) in [6, 6.07) is 9.49. The number of Topliss-reactive ketones (excluding diaryl/α,β-unsaturated/α-hetero) is 1. The molecule has 0 spiro atoms. The number of benzene rings is 1. The molecule has 0 saturated heterocycles. The molecular formula is C20H23NO5S. The Morgan fingerprint density at radius 3 is 2.41 bits per heavy atom. The van der Waals surface area contributed by atoms with E-state index in [1.165, 1.54) is 11.8 Å². The zero-order valence-electron chi connectivity index (χ0n) is 15.8. The van der Waals surface area contributed by atoms with Crippen molar-refractivity contribution in [2.24, 2.45) is 0 Å². The zero-order chi connectivity index (χ0) is 20.0. The predicted octanol–water partition coefficient (Wildman–Crippen LogP) is 3.71. The quantitative estimate of drug-likeness (QED) is 0.421. The van der Waals surface area contributed by atoms with Crippen molar-refractivity contribution in [3.05, 3.63) is 52.8 Å². The fourth-order valence-electron chi connectivity index (χ4n) is 2.62. The standard InChI is InChI=1S/C20H23NO5S/c1-5-25-20(24)17-12(2)18(21-13(17)3)16(22)11-26-19(23)14(4)27-15-9-7-6-8-10-15/h6-10,14,21H,5,11H2,1-4H3/t14-/m1/s1. The van der Waals surface area contributed by atoms with Crippen LogP contribution in [0.2, 0.25) is 0 Å². The fourth-order valence-corrected chi connectivity index (χ4v) is 3.50. The van der Waals surface area contributed by atoms with E-state index in [-0.39, 0.29) is 18.9 Å². The number of aromatic nitrogens is 1. The zero-order valence-corrected chi connectivity index (χ0v) is 16.6. The van der Waals surface area contributed by atoms with E-state index in [4.69, 9.17) is 9.47 Å². The monoisotopic (exact) mass is 389 g/mol. The van der Waals surface area contributed by atoms with Crippen molar-refractivity contribution in [1.29, 1.82) is 0 Å². The number of aryl methyl sites for hydroxylation is 1. The number of H-pyrrole nitrogens is 1. The van der Waals surface area contributed by atoms with Crippen molar-refractivity contribution in [2.45, 2.75) is 37.8 Å². The molecule has 0 aliphatic heterocycles. The number of esters is 2.